The second kappa shape index (κ2) is 8.49. The molecule has 1 aliphatic rings. The van der Waals surface area contributed by atoms with Crippen LogP contribution in [0.15, 0.2) is 48.8 Å². The molecule has 7 heteroatoms. The SMILES string of the molecule is C[C@@H](Nc1ncnc2c(C(=O)O)cccc12)c1cccc(NC(=O)C2CCCC2)c1. The van der Waals surface area contributed by atoms with Gasteiger partial charge in [-0.1, -0.05) is 31.0 Å². The average Bonchev–Trinajstić information content (AvgIpc) is 3.29. The molecule has 1 atom stereocenters. The fourth-order valence-electron chi connectivity index (χ4n) is 3.98. The van der Waals surface area contributed by atoms with E-state index in [1.54, 1.807) is 12.1 Å². The Hall–Kier alpha value is -3.48. The van der Waals surface area contributed by atoms with Gasteiger partial charge in [-0.05, 0) is 49.6 Å². The topological polar surface area (TPSA) is 104 Å². The summed E-state index contributed by atoms with van der Waals surface area (Å²) in [5.74, 6) is -0.256. The van der Waals surface area contributed by atoms with Crippen molar-refractivity contribution in [2.45, 2.75) is 38.6 Å². The molecule has 154 valence electrons. The van der Waals surface area contributed by atoms with Gasteiger partial charge in [-0.2, -0.15) is 0 Å². The van der Waals surface area contributed by atoms with Crippen LogP contribution in [0.3, 0.4) is 0 Å². The molecule has 1 aliphatic carbocycles. The number of para-hydroxylation sites is 1. The van der Waals surface area contributed by atoms with Gasteiger partial charge in [0.2, 0.25) is 5.91 Å². The smallest absolute Gasteiger partial charge is 0.337 e. The third-order valence-corrected chi connectivity index (χ3v) is 5.63. The van der Waals surface area contributed by atoms with E-state index in [2.05, 4.69) is 20.6 Å². The summed E-state index contributed by atoms with van der Waals surface area (Å²) in [7, 11) is 0. The number of aromatic nitrogens is 2. The second-order valence-corrected chi connectivity index (χ2v) is 7.69. The van der Waals surface area contributed by atoms with Crippen LogP contribution in [0.1, 0.15) is 54.6 Å². The van der Waals surface area contributed by atoms with Crippen LogP contribution in [-0.2, 0) is 4.79 Å². The van der Waals surface area contributed by atoms with E-state index in [4.69, 9.17) is 0 Å². The molecular formula is C23H24N4O3. The minimum absolute atomic E-state index is 0.0910. The Kier molecular flexibility index (Phi) is 5.61. The van der Waals surface area contributed by atoms with Gasteiger partial charge in [0, 0.05) is 17.0 Å². The lowest BCUT2D eigenvalue weighted by Gasteiger charge is -2.18. The van der Waals surface area contributed by atoms with E-state index < -0.39 is 5.97 Å². The minimum atomic E-state index is -1.02. The molecule has 1 saturated carbocycles. The number of hydrogen-bond acceptors (Lipinski definition) is 5. The van der Waals surface area contributed by atoms with Crippen molar-refractivity contribution < 1.29 is 14.7 Å². The molecule has 0 aliphatic heterocycles. The highest BCUT2D eigenvalue weighted by Crippen LogP contribution is 2.28. The van der Waals surface area contributed by atoms with E-state index in [1.165, 1.54) is 12.4 Å². The number of carboxylic acids is 1. The lowest BCUT2D eigenvalue weighted by Crippen LogP contribution is -2.20. The second-order valence-electron chi connectivity index (χ2n) is 7.69. The maximum atomic E-state index is 12.4. The summed E-state index contributed by atoms with van der Waals surface area (Å²) in [4.78, 5) is 32.4. The summed E-state index contributed by atoms with van der Waals surface area (Å²) in [5, 5.41) is 16.4. The van der Waals surface area contributed by atoms with Crippen LogP contribution in [0, 0.1) is 5.92 Å². The maximum absolute atomic E-state index is 12.4. The Labute approximate surface area is 174 Å². The number of hydrogen-bond donors (Lipinski definition) is 3. The molecule has 4 rings (SSSR count). The van der Waals surface area contributed by atoms with Crippen molar-refractivity contribution in [2.75, 3.05) is 10.6 Å². The molecule has 0 unspecified atom stereocenters. The fraction of sp³-hybridized carbons (Fsp3) is 0.304. The minimum Gasteiger partial charge on any atom is -0.478 e. The standard InChI is InChI=1S/C23H24N4O3/c1-14(16-8-4-9-17(12-16)27-22(28)15-6-2-3-7-15)26-21-18-10-5-11-19(23(29)30)20(18)24-13-25-21/h4-5,8-15H,2-3,6-7H2,1H3,(H,27,28)(H,29,30)(H,24,25,26)/t14-/m1/s1. The van der Waals surface area contributed by atoms with Gasteiger partial charge in [0.05, 0.1) is 17.1 Å². The number of nitrogens with one attached hydrogen (secondary N) is 2. The van der Waals surface area contributed by atoms with Gasteiger partial charge in [-0.3, -0.25) is 4.79 Å². The molecule has 0 radical (unpaired) electrons. The number of carboxylic acid groups (broad SMARTS) is 1. The molecule has 3 N–H and O–H groups in total. The largest absolute Gasteiger partial charge is 0.478 e. The highest BCUT2D eigenvalue weighted by molar-refractivity contribution is 6.04. The Morgan fingerprint density at radius 1 is 1.10 bits per heavy atom. The predicted octanol–water partition coefficient (Wildman–Crippen LogP) is 4.63. The molecule has 3 aromatic rings. The summed E-state index contributed by atoms with van der Waals surface area (Å²) in [5.41, 5.74) is 2.30. The molecule has 2 aromatic carbocycles. The van der Waals surface area contributed by atoms with Crippen molar-refractivity contribution in [3.05, 3.63) is 59.9 Å². The molecule has 1 heterocycles. The van der Waals surface area contributed by atoms with Crippen LogP contribution < -0.4 is 10.6 Å². The molecule has 7 nitrogen and oxygen atoms in total. The summed E-state index contributed by atoms with van der Waals surface area (Å²) in [6, 6.07) is 12.6. The maximum Gasteiger partial charge on any atom is 0.337 e. The lowest BCUT2D eigenvalue weighted by molar-refractivity contribution is -0.119. The van der Waals surface area contributed by atoms with Crippen molar-refractivity contribution in [1.82, 2.24) is 9.97 Å². The highest BCUT2D eigenvalue weighted by Gasteiger charge is 2.22. The number of fused-ring (bicyclic) bond motifs is 1. The number of nitrogens with zero attached hydrogens (tertiary/aromatic N) is 2. The molecule has 0 saturated heterocycles. The van der Waals surface area contributed by atoms with Crippen molar-refractivity contribution in [3.8, 4) is 0 Å². The summed E-state index contributed by atoms with van der Waals surface area (Å²) < 4.78 is 0. The fourth-order valence-corrected chi connectivity index (χ4v) is 3.98. The normalized spacial score (nSPS) is 15.1. The zero-order chi connectivity index (χ0) is 21.1. The number of rotatable bonds is 6. The average molecular weight is 404 g/mol. The number of aromatic carboxylic acids is 1. The first-order valence-electron chi connectivity index (χ1n) is 10.2. The molecular weight excluding hydrogens is 380 g/mol. The van der Waals surface area contributed by atoms with E-state index in [1.807, 2.05) is 31.2 Å². The molecule has 0 spiro atoms. The zero-order valence-corrected chi connectivity index (χ0v) is 16.8. The van der Waals surface area contributed by atoms with Crippen molar-refractivity contribution >= 4 is 34.3 Å². The molecule has 1 fully saturated rings. The van der Waals surface area contributed by atoms with Gasteiger partial charge in [0.1, 0.15) is 12.1 Å². The first-order chi connectivity index (χ1) is 14.5. The van der Waals surface area contributed by atoms with Gasteiger partial charge in [-0.25, -0.2) is 14.8 Å². The molecule has 1 aromatic heterocycles. The van der Waals surface area contributed by atoms with E-state index >= 15 is 0 Å². The van der Waals surface area contributed by atoms with Crippen LogP contribution in [0.25, 0.3) is 10.9 Å². The summed E-state index contributed by atoms with van der Waals surface area (Å²) in [6.07, 6.45) is 5.53. The predicted molar refractivity (Wildman–Crippen MR) is 116 cm³/mol. The number of benzene rings is 2. The quantitative estimate of drug-likeness (QED) is 0.553. The van der Waals surface area contributed by atoms with E-state index in [0.717, 1.165) is 36.9 Å². The van der Waals surface area contributed by atoms with Gasteiger partial charge in [-0.15, -0.1) is 0 Å². The number of carbonyl (C=O) groups is 2. The van der Waals surface area contributed by atoms with Gasteiger partial charge >= 0.3 is 5.97 Å². The summed E-state index contributed by atoms with van der Waals surface area (Å²) in [6.45, 7) is 1.99. The molecule has 30 heavy (non-hydrogen) atoms. The van der Waals surface area contributed by atoms with Crippen LogP contribution >= 0.6 is 0 Å². The molecule has 0 bridgehead atoms. The van der Waals surface area contributed by atoms with Crippen LogP contribution in [-0.4, -0.2) is 27.0 Å². The monoisotopic (exact) mass is 404 g/mol. The van der Waals surface area contributed by atoms with Gasteiger partial charge in [0.15, 0.2) is 0 Å². The lowest BCUT2D eigenvalue weighted by atomic mass is 10.1. The van der Waals surface area contributed by atoms with Crippen molar-refractivity contribution in [2.24, 2.45) is 5.92 Å². The van der Waals surface area contributed by atoms with Gasteiger partial charge < -0.3 is 15.7 Å². The van der Waals surface area contributed by atoms with Crippen molar-refractivity contribution in [1.29, 1.82) is 0 Å². The van der Waals surface area contributed by atoms with E-state index in [0.29, 0.717) is 16.7 Å². The van der Waals surface area contributed by atoms with Crippen LogP contribution in [0.4, 0.5) is 11.5 Å². The number of anilines is 2. The Bertz CT molecular complexity index is 1090. The highest BCUT2D eigenvalue weighted by atomic mass is 16.4. The number of carbonyl (C=O) groups excluding carboxylic acids is 1. The first-order valence-corrected chi connectivity index (χ1v) is 10.2. The summed E-state index contributed by atoms with van der Waals surface area (Å²) >= 11 is 0. The Morgan fingerprint density at radius 3 is 2.63 bits per heavy atom. The van der Waals surface area contributed by atoms with Gasteiger partial charge in [0.25, 0.3) is 0 Å². The zero-order valence-electron chi connectivity index (χ0n) is 16.8. The van der Waals surface area contributed by atoms with Crippen molar-refractivity contribution in [3.63, 3.8) is 0 Å². The number of amides is 1. The Balaban J connectivity index is 1.54. The molecule has 1 amide bonds. The van der Waals surface area contributed by atoms with Crippen LogP contribution in [0.2, 0.25) is 0 Å². The van der Waals surface area contributed by atoms with E-state index in [9.17, 15) is 14.7 Å². The first kappa shape index (κ1) is 19.8. The van der Waals surface area contributed by atoms with E-state index in [-0.39, 0.29) is 23.4 Å². The van der Waals surface area contributed by atoms with Crippen LogP contribution in [0.5, 0.6) is 0 Å². The third-order valence-electron chi connectivity index (χ3n) is 5.63. The Morgan fingerprint density at radius 2 is 1.87 bits per heavy atom. The third kappa shape index (κ3) is 4.10.